The van der Waals surface area contributed by atoms with Gasteiger partial charge in [-0.2, -0.15) is 4.31 Å². The Labute approximate surface area is 155 Å². The quantitative estimate of drug-likeness (QED) is 0.807. The van der Waals surface area contributed by atoms with Gasteiger partial charge in [-0.15, -0.1) is 0 Å². The number of hydrogen-bond acceptors (Lipinski definition) is 4. The molecule has 2 aliphatic heterocycles. The van der Waals surface area contributed by atoms with Crippen LogP contribution in [0.1, 0.15) is 44.9 Å². The van der Waals surface area contributed by atoms with E-state index < -0.39 is 10.0 Å². The molecule has 0 bridgehead atoms. The van der Waals surface area contributed by atoms with Crippen LogP contribution in [0.2, 0.25) is 0 Å². The maximum atomic E-state index is 12.8. The van der Waals surface area contributed by atoms with Gasteiger partial charge in [-0.3, -0.25) is 9.78 Å². The van der Waals surface area contributed by atoms with Crippen LogP contribution in [0.4, 0.5) is 0 Å². The van der Waals surface area contributed by atoms with Gasteiger partial charge in [0.25, 0.3) is 0 Å². The predicted molar refractivity (Wildman–Crippen MR) is 97.8 cm³/mol. The molecule has 1 amide bonds. The normalized spacial score (nSPS) is 24.6. The molecule has 1 saturated carbocycles. The van der Waals surface area contributed by atoms with Crippen molar-refractivity contribution in [2.45, 2.75) is 49.8 Å². The van der Waals surface area contributed by atoms with Gasteiger partial charge < -0.3 is 4.90 Å². The Morgan fingerprint density at radius 2 is 1.85 bits per heavy atom. The fourth-order valence-corrected chi connectivity index (χ4v) is 5.71. The molecule has 0 atom stereocenters. The second kappa shape index (κ2) is 6.93. The standard InChI is InChI=1S/C19H27N3O3S/c23-18-5-6-19(7-11-21(18)15-16-3-4-16)8-12-22(13-9-19)26(24,25)17-2-1-10-20-14-17/h1-2,10,14,16H,3-9,11-13,15H2. The van der Waals surface area contributed by atoms with Gasteiger partial charge in [-0.25, -0.2) is 8.42 Å². The van der Waals surface area contributed by atoms with E-state index in [9.17, 15) is 13.2 Å². The minimum atomic E-state index is -3.46. The van der Waals surface area contributed by atoms with Crippen LogP contribution in [0.5, 0.6) is 0 Å². The number of likely N-dealkylation sites (tertiary alicyclic amines) is 1. The second-order valence-electron chi connectivity index (χ2n) is 8.13. The first-order chi connectivity index (χ1) is 12.5. The lowest BCUT2D eigenvalue weighted by atomic mass is 9.73. The van der Waals surface area contributed by atoms with Gasteiger partial charge in [-0.05, 0) is 62.0 Å². The van der Waals surface area contributed by atoms with E-state index >= 15 is 0 Å². The van der Waals surface area contributed by atoms with Crippen molar-refractivity contribution in [3.8, 4) is 0 Å². The van der Waals surface area contributed by atoms with Crippen molar-refractivity contribution >= 4 is 15.9 Å². The second-order valence-corrected chi connectivity index (χ2v) is 10.1. The topological polar surface area (TPSA) is 70.6 Å². The van der Waals surface area contributed by atoms with Crippen molar-refractivity contribution in [2.24, 2.45) is 11.3 Å². The number of sulfonamides is 1. The lowest BCUT2D eigenvalue weighted by Crippen LogP contribution is -2.43. The number of rotatable bonds is 4. The monoisotopic (exact) mass is 377 g/mol. The summed E-state index contributed by atoms with van der Waals surface area (Å²) in [5, 5.41) is 0. The smallest absolute Gasteiger partial charge is 0.244 e. The molecule has 3 heterocycles. The van der Waals surface area contributed by atoms with Crippen LogP contribution in [-0.2, 0) is 14.8 Å². The van der Waals surface area contributed by atoms with Crippen LogP contribution in [0.25, 0.3) is 0 Å². The minimum absolute atomic E-state index is 0.120. The average Bonchev–Trinajstić information content (AvgIpc) is 3.49. The molecule has 2 saturated heterocycles. The van der Waals surface area contributed by atoms with Gasteiger partial charge in [0.1, 0.15) is 4.90 Å². The SMILES string of the molecule is O=C1CCC2(CCN1CC1CC1)CCN(S(=O)(=O)c1cccnc1)CC2. The highest BCUT2D eigenvalue weighted by Gasteiger charge is 2.41. The van der Waals surface area contributed by atoms with E-state index in [-0.39, 0.29) is 10.3 Å². The van der Waals surface area contributed by atoms with E-state index in [1.807, 2.05) is 0 Å². The number of hydrogen-bond donors (Lipinski definition) is 0. The average molecular weight is 378 g/mol. The van der Waals surface area contributed by atoms with Crippen LogP contribution in [0.15, 0.2) is 29.4 Å². The lowest BCUT2D eigenvalue weighted by Gasteiger charge is -2.40. The molecular formula is C19H27N3O3S. The molecule has 142 valence electrons. The van der Waals surface area contributed by atoms with Crippen molar-refractivity contribution in [1.29, 1.82) is 0 Å². The van der Waals surface area contributed by atoms with E-state index in [0.717, 1.165) is 44.7 Å². The first-order valence-electron chi connectivity index (χ1n) is 9.67. The summed E-state index contributed by atoms with van der Waals surface area (Å²) in [6.45, 7) is 2.84. The molecule has 0 aromatic carbocycles. The Morgan fingerprint density at radius 1 is 1.12 bits per heavy atom. The van der Waals surface area contributed by atoms with Crippen LogP contribution in [0, 0.1) is 11.3 Å². The number of piperidine rings is 1. The molecule has 0 radical (unpaired) electrons. The Morgan fingerprint density at radius 3 is 2.50 bits per heavy atom. The van der Waals surface area contributed by atoms with Gasteiger partial charge >= 0.3 is 0 Å². The molecule has 6 nitrogen and oxygen atoms in total. The highest BCUT2D eigenvalue weighted by Crippen LogP contribution is 2.43. The number of aromatic nitrogens is 1. The molecule has 1 aliphatic carbocycles. The van der Waals surface area contributed by atoms with E-state index in [1.54, 1.807) is 22.6 Å². The summed E-state index contributed by atoms with van der Waals surface area (Å²) >= 11 is 0. The third kappa shape index (κ3) is 3.64. The van der Waals surface area contributed by atoms with Gasteiger partial charge in [0, 0.05) is 45.0 Å². The molecule has 26 heavy (non-hydrogen) atoms. The Balaban J connectivity index is 1.40. The lowest BCUT2D eigenvalue weighted by molar-refractivity contribution is -0.130. The number of carbonyl (C=O) groups is 1. The molecule has 4 rings (SSSR count). The van der Waals surface area contributed by atoms with Crippen LogP contribution >= 0.6 is 0 Å². The molecule has 1 aromatic heterocycles. The van der Waals surface area contributed by atoms with Crippen molar-refractivity contribution in [1.82, 2.24) is 14.2 Å². The highest BCUT2D eigenvalue weighted by molar-refractivity contribution is 7.89. The van der Waals surface area contributed by atoms with Gasteiger partial charge in [0.2, 0.25) is 15.9 Å². The van der Waals surface area contributed by atoms with Crippen LogP contribution in [0.3, 0.4) is 0 Å². The maximum absolute atomic E-state index is 12.8. The van der Waals surface area contributed by atoms with Crippen molar-refractivity contribution < 1.29 is 13.2 Å². The Kier molecular flexibility index (Phi) is 4.77. The molecular weight excluding hydrogens is 350 g/mol. The minimum Gasteiger partial charge on any atom is -0.342 e. The fraction of sp³-hybridized carbons (Fsp3) is 0.684. The van der Waals surface area contributed by atoms with Gasteiger partial charge in [0.15, 0.2) is 0 Å². The Hall–Kier alpha value is -1.47. The third-order valence-electron chi connectivity index (χ3n) is 6.36. The summed E-state index contributed by atoms with van der Waals surface area (Å²) in [5.41, 5.74) is 0.120. The zero-order chi connectivity index (χ0) is 18.2. The largest absolute Gasteiger partial charge is 0.342 e. The number of pyridine rings is 1. The first kappa shape index (κ1) is 17.9. The maximum Gasteiger partial charge on any atom is 0.244 e. The fourth-order valence-electron chi connectivity index (χ4n) is 4.31. The first-order valence-corrected chi connectivity index (χ1v) is 11.1. The van der Waals surface area contributed by atoms with E-state index in [0.29, 0.717) is 25.4 Å². The van der Waals surface area contributed by atoms with Crippen molar-refractivity contribution in [2.75, 3.05) is 26.2 Å². The summed E-state index contributed by atoms with van der Waals surface area (Å²) in [6.07, 6.45) is 9.72. The highest BCUT2D eigenvalue weighted by atomic mass is 32.2. The zero-order valence-corrected chi connectivity index (χ0v) is 16.0. The molecule has 0 unspecified atom stereocenters. The summed E-state index contributed by atoms with van der Waals surface area (Å²) in [4.78, 5) is 18.7. The number of amides is 1. The molecule has 3 aliphatic rings. The van der Waals surface area contributed by atoms with Gasteiger partial charge in [0.05, 0.1) is 0 Å². The van der Waals surface area contributed by atoms with E-state index in [1.165, 1.54) is 19.0 Å². The van der Waals surface area contributed by atoms with Crippen LogP contribution < -0.4 is 0 Å². The van der Waals surface area contributed by atoms with Crippen molar-refractivity contribution in [3.63, 3.8) is 0 Å². The predicted octanol–water partition coefficient (Wildman–Crippen LogP) is 2.28. The third-order valence-corrected chi connectivity index (χ3v) is 8.25. The van der Waals surface area contributed by atoms with Crippen LogP contribution in [-0.4, -0.2) is 54.7 Å². The Bertz CT molecular complexity index is 753. The molecule has 0 N–H and O–H groups in total. The van der Waals surface area contributed by atoms with Gasteiger partial charge in [-0.1, -0.05) is 0 Å². The van der Waals surface area contributed by atoms with Crippen molar-refractivity contribution in [3.05, 3.63) is 24.5 Å². The summed E-state index contributed by atoms with van der Waals surface area (Å²) in [7, 11) is -3.46. The number of carbonyl (C=O) groups excluding carboxylic acids is 1. The molecule has 3 fully saturated rings. The molecule has 1 spiro atoms. The summed E-state index contributed by atoms with van der Waals surface area (Å²) < 4.78 is 27.2. The van der Waals surface area contributed by atoms with E-state index in [2.05, 4.69) is 9.88 Å². The summed E-state index contributed by atoms with van der Waals surface area (Å²) in [6, 6.07) is 3.26. The molecule has 7 heteroatoms. The summed E-state index contributed by atoms with van der Waals surface area (Å²) in [5.74, 6) is 1.01. The molecule has 1 aromatic rings. The van der Waals surface area contributed by atoms with E-state index in [4.69, 9.17) is 0 Å². The zero-order valence-electron chi connectivity index (χ0n) is 15.1. The number of nitrogens with zero attached hydrogens (tertiary/aromatic N) is 3.